The Labute approximate surface area is 157 Å². The van der Waals surface area contributed by atoms with E-state index in [1.54, 1.807) is 25.1 Å². The smallest absolute Gasteiger partial charge is 0.255 e. The number of carbonyl (C=O) groups excluding carboxylic acids is 1. The fourth-order valence-corrected chi connectivity index (χ4v) is 3.24. The van der Waals surface area contributed by atoms with Crippen molar-refractivity contribution in [2.75, 3.05) is 12.4 Å². The number of anilines is 1. The summed E-state index contributed by atoms with van der Waals surface area (Å²) in [5.74, 6) is 0.748. The Hall–Kier alpha value is -2.63. The zero-order valence-corrected chi connectivity index (χ0v) is 15.3. The Bertz CT molecular complexity index is 834. The van der Waals surface area contributed by atoms with E-state index < -0.39 is 0 Å². The van der Waals surface area contributed by atoms with Gasteiger partial charge in [-0.1, -0.05) is 18.2 Å². The first-order valence-electron chi connectivity index (χ1n) is 8.25. The molecule has 1 aromatic heterocycles. The summed E-state index contributed by atoms with van der Waals surface area (Å²) in [7, 11) is 1.65. The van der Waals surface area contributed by atoms with E-state index in [9.17, 15) is 4.79 Å². The van der Waals surface area contributed by atoms with Gasteiger partial charge in [-0.15, -0.1) is 11.8 Å². The second-order valence-corrected chi connectivity index (χ2v) is 6.81. The number of carbonyl (C=O) groups is 1. The Morgan fingerprint density at radius 3 is 2.46 bits per heavy atom. The maximum Gasteiger partial charge on any atom is 0.255 e. The molecule has 4 nitrogen and oxygen atoms in total. The molecule has 1 heterocycles. The third-order valence-electron chi connectivity index (χ3n) is 3.77. The lowest BCUT2D eigenvalue weighted by molar-refractivity contribution is 0.102. The van der Waals surface area contributed by atoms with Gasteiger partial charge < -0.3 is 10.1 Å². The van der Waals surface area contributed by atoms with Crippen LogP contribution in [0.4, 0.5) is 5.69 Å². The van der Waals surface area contributed by atoms with Crippen LogP contribution in [-0.4, -0.2) is 18.0 Å². The number of aromatic nitrogens is 1. The third kappa shape index (κ3) is 5.18. The molecule has 0 atom stereocenters. The van der Waals surface area contributed by atoms with Gasteiger partial charge in [-0.3, -0.25) is 9.78 Å². The van der Waals surface area contributed by atoms with E-state index in [0.717, 1.165) is 21.9 Å². The molecule has 26 heavy (non-hydrogen) atoms. The molecule has 0 fully saturated rings. The molecule has 0 radical (unpaired) electrons. The van der Waals surface area contributed by atoms with Crippen LogP contribution in [-0.2, 0) is 17.1 Å². The van der Waals surface area contributed by atoms with Crippen molar-refractivity contribution in [3.63, 3.8) is 0 Å². The largest absolute Gasteiger partial charge is 0.380 e. The summed E-state index contributed by atoms with van der Waals surface area (Å²) in [6.07, 6.45) is 3.65. The number of thioether (sulfide) groups is 1. The number of hydrogen-bond donors (Lipinski definition) is 1. The van der Waals surface area contributed by atoms with Gasteiger partial charge in [0.05, 0.1) is 6.61 Å². The van der Waals surface area contributed by atoms with Crippen molar-refractivity contribution in [3.8, 4) is 0 Å². The first kappa shape index (κ1) is 18.2. The number of benzene rings is 2. The molecule has 5 heteroatoms. The lowest BCUT2D eigenvalue weighted by atomic mass is 10.1. The van der Waals surface area contributed by atoms with Crippen molar-refractivity contribution in [1.29, 1.82) is 0 Å². The Morgan fingerprint density at radius 2 is 1.81 bits per heavy atom. The van der Waals surface area contributed by atoms with E-state index in [0.29, 0.717) is 12.2 Å². The Kier molecular flexibility index (Phi) is 6.41. The maximum absolute atomic E-state index is 12.3. The minimum Gasteiger partial charge on any atom is -0.380 e. The lowest BCUT2D eigenvalue weighted by Gasteiger charge is -2.07. The first-order chi connectivity index (χ1) is 12.7. The molecule has 0 spiro atoms. The van der Waals surface area contributed by atoms with Crippen LogP contribution in [0.15, 0.2) is 78.0 Å². The summed E-state index contributed by atoms with van der Waals surface area (Å²) in [5, 5.41) is 2.92. The Morgan fingerprint density at radius 1 is 1.04 bits per heavy atom. The number of methoxy groups -OCH3 is 1. The topological polar surface area (TPSA) is 51.2 Å². The van der Waals surface area contributed by atoms with E-state index in [1.165, 1.54) is 5.56 Å². The van der Waals surface area contributed by atoms with Crippen molar-refractivity contribution < 1.29 is 9.53 Å². The van der Waals surface area contributed by atoms with Crippen LogP contribution < -0.4 is 5.32 Å². The van der Waals surface area contributed by atoms with Crippen molar-refractivity contribution in [2.45, 2.75) is 17.3 Å². The van der Waals surface area contributed by atoms with Crippen LogP contribution in [0.1, 0.15) is 21.5 Å². The molecule has 3 aromatic rings. The van der Waals surface area contributed by atoms with Gasteiger partial charge in [0.1, 0.15) is 0 Å². The molecule has 0 aliphatic rings. The predicted molar refractivity (Wildman–Crippen MR) is 105 cm³/mol. The van der Waals surface area contributed by atoms with Crippen molar-refractivity contribution in [1.82, 2.24) is 4.98 Å². The second kappa shape index (κ2) is 9.17. The van der Waals surface area contributed by atoms with Gasteiger partial charge in [0.15, 0.2) is 0 Å². The summed E-state index contributed by atoms with van der Waals surface area (Å²) in [5.41, 5.74) is 3.63. The molecule has 0 bridgehead atoms. The third-order valence-corrected chi connectivity index (χ3v) is 4.85. The molecule has 0 unspecified atom stereocenters. The molecule has 1 N–H and O–H groups in total. The molecule has 0 aliphatic heterocycles. The average Bonchev–Trinajstić information content (AvgIpc) is 2.69. The normalized spacial score (nSPS) is 10.5. The van der Waals surface area contributed by atoms with E-state index >= 15 is 0 Å². The summed E-state index contributed by atoms with van der Waals surface area (Å²) in [6.45, 7) is 0.542. The van der Waals surface area contributed by atoms with Gasteiger partial charge in [-0.2, -0.15) is 0 Å². The van der Waals surface area contributed by atoms with Crippen LogP contribution in [0.25, 0.3) is 0 Å². The van der Waals surface area contributed by atoms with E-state index in [1.807, 2.05) is 60.8 Å². The molecule has 1 amide bonds. The monoisotopic (exact) mass is 364 g/mol. The number of nitrogens with one attached hydrogen (secondary N) is 1. The standard InChI is InChI=1S/C21H20N2O2S/c1-25-14-16-4-6-18(7-5-16)21(24)23-19-8-10-20(11-9-19)26-15-17-3-2-12-22-13-17/h2-13H,14-15H2,1H3,(H,23,24). The van der Waals surface area contributed by atoms with E-state index in [4.69, 9.17) is 4.74 Å². The molecular formula is C21H20N2O2S. The first-order valence-corrected chi connectivity index (χ1v) is 9.24. The van der Waals surface area contributed by atoms with Gasteiger partial charge in [0.2, 0.25) is 0 Å². The molecule has 0 saturated heterocycles. The number of hydrogen-bond acceptors (Lipinski definition) is 4. The summed E-state index contributed by atoms with van der Waals surface area (Å²) in [6, 6.07) is 19.3. The number of amides is 1. The fourth-order valence-electron chi connectivity index (χ4n) is 2.41. The van der Waals surface area contributed by atoms with Crippen molar-refractivity contribution >= 4 is 23.4 Å². The van der Waals surface area contributed by atoms with Crippen LogP contribution in [0, 0.1) is 0 Å². The van der Waals surface area contributed by atoms with Gasteiger partial charge in [0, 0.05) is 41.4 Å². The minimum atomic E-state index is -0.121. The van der Waals surface area contributed by atoms with E-state index in [-0.39, 0.29) is 5.91 Å². The molecule has 3 rings (SSSR count). The SMILES string of the molecule is COCc1ccc(C(=O)Nc2ccc(SCc3cccnc3)cc2)cc1. The molecule has 0 saturated carbocycles. The van der Waals surface area contributed by atoms with Gasteiger partial charge >= 0.3 is 0 Å². The highest BCUT2D eigenvalue weighted by molar-refractivity contribution is 7.98. The maximum atomic E-state index is 12.3. The Balaban J connectivity index is 1.55. The van der Waals surface area contributed by atoms with Crippen LogP contribution >= 0.6 is 11.8 Å². The average molecular weight is 364 g/mol. The summed E-state index contributed by atoms with van der Waals surface area (Å²) in [4.78, 5) is 17.6. The number of pyridine rings is 1. The lowest BCUT2D eigenvalue weighted by Crippen LogP contribution is -2.11. The predicted octanol–water partition coefficient (Wildman–Crippen LogP) is 4.77. The molecule has 2 aromatic carbocycles. The quantitative estimate of drug-likeness (QED) is 0.614. The number of nitrogens with zero attached hydrogens (tertiary/aromatic N) is 1. The highest BCUT2D eigenvalue weighted by Crippen LogP contribution is 2.24. The highest BCUT2D eigenvalue weighted by Gasteiger charge is 2.06. The minimum absolute atomic E-state index is 0.121. The summed E-state index contributed by atoms with van der Waals surface area (Å²) < 4.78 is 5.08. The molecular weight excluding hydrogens is 344 g/mol. The highest BCUT2D eigenvalue weighted by atomic mass is 32.2. The number of rotatable bonds is 7. The molecule has 132 valence electrons. The fraction of sp³-hybridized carbons (Fsp3) is 0.143. The van der Waals surface area contributed by atoms with E-state index in [2.05, 4.69) is 16.4 Å². The van der Waals surface area contributed by atoms with Gasteiger partial charge in [-0.05, 0) is 53.6 Å². The van der Waals surface area contributed by atoms with Gasteiger partial charge in [-0.25, -0.2) is 0 Å². The number of ether oxygens (including phenoxy) is 1. The van der Waals surface area contributed by atoms with Gasteiger partial charge in [0.25, 0.3) is 5.91 Å². The van der Waals surface area contributed by atoms with Crippen molar-refractivity contribution in [2.24, 2.45) is 0 Å². The molecule has 0 aliphatic carbocycles. The second-order valence-electron chi connectivity index (χ2n) is 5.76. The zero-order valence-electron chi connectivity index (χ0n) is 14.5. The van der Waals surface area contributed by atoms with Crippen LogP contribution in [0.5, 0.6) is 0 Å². The summed E-state index contributed by atoms with van der Waals surface area (Å²) >= 11 is 1.74. The zero-order chi connectivity index (χ0) is 18.2. The van der Waals surface area contributed by atoms with Crippen LogP contribution in [0.3, 0.4) is 0 Å². The van der Waals surface area contributed by atoms with Crippen LogP contribution in [0.2, 0.25) is 0 Å². The van der Waals surface area contributed by atoms with Crippen molar-refractivity contribution in [3.05, 3.63) is 89.7 Å².